The van der Waals surface area contributed by atoms with Gasteiger partial charge in [-0.1, -0.05) is 6.07 Å². The van der Waals surface area contributed by atoms with Crippen molar-refractivity contribution in [3.63, 3.8) is 0 Å². The van der Waals surface area contributed by atoms with Gasteiger partial charge in [0.05, 0.1) is 0 Å². The normalized spacial score (nSPS) is 16.1. The van der Waals surface area contributed by atoms with Crippen molar-refractivity contribution in [1.29, 1.82) is 0 Å². The molecule has 2 heterocycles. The van der Waals surface area contributed by atoms with Crippen LogP contribution in [0.3, 0.4) is 0 Å². The summed E-state index contributed by atoms with van der Waals surface area (Å²) in [7, 11) is -4.11. The van der Waals surface area contributed by atoms with Crippen LogP contribution in [0.25, 0.3) is 0 Å². The Morgan fingerprint density at radius 3 is 1.94 bits per heavy atom. The maximum absolute atomic E-state index is 10.3. The lowest BCUT2D eigenvalue weighted by atomic mass is 10.4. The highest BCUT2D eigenvalue weighted by Gasteiger charge is 2.07. The Kier molecular flexibility index (Phi) is 5.33. The summed E-state index contributed by atoms with van der Waals surface area (Å²) in [4.78, 5) is 3.41. The van der Waals surface area contributed by atoms with Crippen molar-refractivity contribution in [2.45, 2.75) is 5.03 Å². The van der Waals surface area contributed by atoms with E-state index < -0.39 is 10.1 Å². The van der Waals surface area contributed by atoms with Crippen molar-refractivity contribution in [3.05, 3.63) is 24.4 Å². The van der Waals surface area contributed by atoms with Gasteiger partial charge in [-0.25, -0.2) is 4.98 Å². The van der Waals surface area contributed by atoms with Crippen molar-refractivity contribution in [1.82, 2.24) is 15.6 Å². The Labute approximate surface area is 94.8 Å². The second kappa shape index (κ2) is 6.54. The molecule has 0 atom stereocenters. The molecule has 0 aromatic carbocycles. The lowest BCUT2D eigenvalue weighted by Crippen LogP contribution is -2.39. The largest absolute Gasteiger partial charge is 0.314 e. The molecule has 1 aliphatic heterocycles. The minimum absolute atomic E-state index is 0.324. The molecule has 0 aliphatic carbocycles. The van der Waals surface area contributed by atoms with Crippen LogP contribution >= 0.6 is 0 Å². The fourth-order valence-corrected chi connectivity index (χ4v) is 1.55. The summed E-state index contributed by atoms with van der Waals surface area (Å²) in [5.74, 6) is 0. The first-order valence-corrected chi connectivity index (χ1v) is 6.34. The van der Waals surface area contributed by atoms with E-state index in [1.165, 1.54) is 18.3 Å². The van der Waals surface area contributed by atoms with E-state index in [0.29, 0.717) is 0 Å². The molecule has 0 unspecified atom stereocenters. The molecule has 0 bridgehead atoms. The van der Waals surface area contributed by atoms with E-state index >= 15 is 0 Å². The first kappa shape index (κ1) is 13.0. The van der Waals surface area contributed by atoms with Gasteiger partial charge in [0.15, 0.2) is 5.03 Å². The van der Waals surface area contributed by atoms with Gasteiger partial charge in [0.2, 0.25) is 0 Å². The Hall–Kier alpha value is -1.02. The zero-order valence-electron chi connectivity index (χ0n) is 8.76. The van der Waals surface area contributed by atoms with Crippen LogP contribution in [0.1, 0.15) is 0 Å². The summed E-state index contributed by atoms with van der Waals surface area (Å²) < 4.78 is 29.1. The van der Waals surface area contributed by atoms with Crippen LogP contribution in [0.5, 0.6) is 0 Å². The molecule has 1 aromatic heterocycles. The average molecular weight is 245 g/mol. The number of hydrogen-bond donors (Lipinski definition) is 3. The number of nitrogens with one attached hydrogen (secondary N) is 2. The lowest BCUT2D eigenvalue weighted by Gasteiger charge is -2.11. The summed E-state index contributed by atoms with van der Waals surface area (Å²) in [5.41, 5.74) is 0. The second-order valence-corrected chi connectivity index (χ2v) is 4.51. The predicted octanol–water partition coefficient (Wildman–Crippen LogP) is -0.492. The van der Waals surface area contributed by atoms with Gasteiger partial charge in [0.25, 0.3) is 0 Å². The van der Waals surface area contributed by atoms with E-state index in [0.717, 1.165) is 26.2 Å². The highest BCUT2D eigenvalue weighted by atomic mass is 32.2. The van der Waals surface area contributed by atoms with Crippen molar-refractivity contribution in [2.75, 3.05) is 26.2 Å². The standard InChI is InChI=1S/C5H5NO3S.C4H10N2/c7-10(8,9)5-3-1-2-4-6-5;1-2-6-4-3-5-1/h1-4H,(H,7,8,9);5-6H,1-4H2. The second-order valence-electron chi connectivity index (χ2n) is 3.14. The molecule has 0 amide bonds. The Balaban J connectivity index is 0.000000181. The number of rotatable bonds is 1. The molecule has 2 rings (SSSR count). The lowest BCUT2D eigenvalue weighted by molar-refractivity contribution is 0.479. The van der Waals surface area contributed by atoms with E-state index in [1.807, 2.05) is 0 Å². The number of hydrogen-bond acceptors (Lipinski definition) is 5. The van der Waals surface area contributed by atoms with E-state index in [4.69, 9.17) is 4.55 Å². The molecule has 0 saturated carbocycles. The van der Waals surface area contributed by atoms with Gasteiger partial charge in [0, 0.05) is 32.4 Å². The summed E-state index contributed by atoms with van der Waals surface area (Å²) >= 11 is 0. The zero-order valence-corrected chi connectivity index (χ0v) is 9.57. The summed E-state index contributed by atoms with van der Waals surface area (Å²) in [6.07, 6.45) is 1.29. The van der Waals surface area contributed by atoms with E-state index in [-0.39, 0.29) is 5.03 Å². The van der Waals surface area contributed by atoms with Gasteiger partial charge in [-0.05, 0) is 12.1 Å². The zero-order chi connectivity index (χ0) is 11.9. The van der Waals surface area contributed by atoms with Crippen LogP contribution in [0, 0.1) is 0 Å². The average Bonchev–Trinajstić information content (AvgIpc) is 2.32. The van der Waals surface area contributed by atoms with Gasteiger partial charge >= 0.3 is 10.1 Å². The molecule has 1 fully saturated rings. The maximum Gasteiger partial charge on any atom is 0.312 e. The summed E-state index contributed by atoms with van der Waals surface area (Å²) in [5, 5.41) is 6.12. The quantitative estimate of drug-likeness (QED) is 0.578. The van der Waals surface area contributed by atoms with E-state index in [2.05, 4.69) is 15.6 Å². The Bertz CT molecular complexity index is 378. The number of pyridine rings is 1. The third kappa shape index (κ3) is 5.17. The fraction of sp³-hybridized carbons (Fsp3) is 0.444. The van der Waals surface area contributed by atoms with Crippen LogP contribution in [-0.2, 0) is 10.1 Å². The number of nitrogens with zero attached hydrogens (tertiary/aromatic N) is 1. The molecule has 1 aliphatic rings. The monoisotopic (exact) mass is 245 g/mol. The van der Waals surface area contributed by atoms with Gasteiger partial charge in [-0.2, -0.15) is 8.42 Å². The predicted molar refractivity (Wildman–Crippen MR) is 59.8 cm³/mol. The highest BCUT2D eigenvalue weighted by Crippen LogP contribution is 2.00. The van der Waals surface area contributed by atoms with Crippen molar-refractivity contribution >= 4 is 10.1 Å². The molecule has 1 aromatic rings. The molecule has 7 heteroatoms. The van der Waals surface area contributed by atoms with Gasteiger partial charge in [-0.3, -0.25) is 4.55 Å². The molecule has 6 nitrogen and oxygen atoms in total. The maximum atomic E-state index is 10.3. The molecule has 3 N–H and O–H groups in total. The summed E-state index contributed by atoms with van der Waals surface area (Å²) in [6.45, 7) is 4.56. The first-order valence-electron chi connectivity index (χ1n) is 4.90. The third-order valence-electron chi connectivity index (χ3n) is 1.86. The minimum atomic E-state index is -4.11. The minimum Gasteiger partial charge on any atom is -0.314 e. The first-order chi connectivity index (χ1) is 7.61. The molecule has 90 valence electrons. The van der Waals surface area contributed by atoms with Crippen LogP contribution in [0.4, 0.5) is 0 Å². The number of aromatic nitrogens is 1. The highest BCUT2D eigenvalue weighted by molar-refractivity contribution is 7.85. The fourth-order valence-electron chi connectivity index (χ4n) is 1.10. The van der Waals surface area contributed by atoms with E-state index in [9.17, 15) is 8.42 Å². The SMILES string of the molecule is C1CNCCN1.O=S(=O)(O)c1ccccn1. The smallest absolute Gasteiger partial charge is 0.312 e. The molecular weight excluding hydrogens is 230 g/mol. The van der Waals surface area contributed by atoms with Crippen LogP contribution in [0.2, 0.25) is 0 Å². The molecule has 16 heavy (non-hydrogen) atoms. The Morgan fingerprint density at radius 1 is 1.12 bits per heavy atom. The van der Waals surface area contributed by atoms with Crippen LogP contribution in [0.15, 0.2) is 29.4 Å². The van der Waals surface area contributed by atoms with Gasteiger partial charge < -0.3 is 10.6 Å². The molecule has 1 saturated heterocycles. The van der Waals surface area contributed by atoms with Crippen molar-refractivity contribution < 1.29 is 13.0 Å². The Morgan fingerprint density at radius 2 is 1.69 bits per heavy atom. The molecule has 0 radical (unpaired) electrons. The molecular formula is C9H15N3O3S. The van der Waals surface area contributed by atoms with Crippen LogP contribution < -0.4 is 10.6 Å². The third-order valence-corrected chi connectivity index (χ3v) is 2.63. The topological polar surface area (TPSA) is 91.3 Å². The number of piperazine rings is 1. The van der Waals surface area contributed by atoms with Crippen LogP contribution in [-0.4, -0.2) is 44.1 Å². The van der Waals surface area contributed by atoms with E-state index in [1.54, 1.807) is 6.07 Å². The van der Waals surface area contributed by atoms with Gasteiger partial charge in [0.1, 0.15) is 0 Å². The van der Waals surface area contributed by atoms with Crippen molar-refractivity contribution in [3.8, 4) is 0 Å². The summed E-state index contributed by atoms with van der Waals surface area (Å²) in [6, 6.07) is 4.26. The van der Waals surface area contributed by atoms with Crippen molar-refractivity contribution in [2.24, 2.45) is 0 Å². The van der Waals surface area contributed by atoms with Gasteiger partial charge in [-0.15, -0.1) is 0 Å². The molecule has 0 spiro atoms.